The molecule has 1 fully saturated rings. The fraction of sp³-hybridized carbons (Fsp3) is 0.292. The van der Waals surface area contributed by atoms with Crippen LogP contribution >= 0.6 is 0 Å². The summed E-state index contributed by atoms with van der Waals surface area (Å²) in [6.07, 6.45) is 3.25. The number of ether oxygens (including phenoxy) is 2. The van der Waals surface area contributed by atoms with Crippen LogP contribution in [0.5, 0.6) is 0 Å². The van der Waals surface area contributed by atoms with Gasteiger partial charge in [0, 0.05) is 43.2 Å². The van der Waals surface area contributed by atoms with Crippen molar-refractivity contribution in [3.8, 4) is 11.1 Å². The minimum absolute atomic E-state index is 0.110. The van der Waals surface area contributed by atoms with Gasteiger partial charge in [-0.2, -0.15) is 17.8 Å². The molecule has 2 aromatic carbocycles. The summed E-state index contributed by atoms with van der Waals surface area (Å²) in [7, 11) is -0.774. The molecule has 35 heavy (non-hydrogen) atoms. The van der Waals surface area contributed by atoms with E-state index in [0.29, 0.717) is 41.5 Å². The average molecular weight is 496 g/mol. The van der Waals surface area contributed by atoms with Crippen molar-refractivity contribution in [3.63, 3.8) is 0 Å². The molecule has 0 unspecified atom stereocenters. The third-order valence-corrected chi connectivity index (χ3v) is 7.30. The van der Waals surface area contributed by atoms with Gasteiger partial charge in [0.05, 0.1) is 37.6 Å². The molecule has 10 nitrogen and oxygen atoms in total. The number of likely N-dealkylation sites (N-methyl/N-ethyl adjacent to an activating group) is 1. The second kappa shape index (κ2) is 9.34. The van der Waals surface area contributed by atoms with Crippen molar-refractivity contribution >= 4 is 31.9 Å². The van der Waals surface area contributed by atoms with Crippen molar-refractivity contribution in [2.45, 2.75) is 6.10 Å². The van der Waals surface area contributed by atoms with Crippen molar-refractivity contribution in [2.24, 2.45) is 11.4 Å². The Labute approximate surface area is 201 Å². The van der Waals surface area contributed by atoms with Crippen molar-refractivity contribution in [1.29, 1.82) is 0 Å². The molecule has 0 saturated carbocycles. The molecule has 0 radical (unpaired) electrons. The summed E-state index contributed by atoms with van der Waals surface area (Å²) in [5.74, 6) is 0. The van der Waals surface area contributed by atoms with Gasteiger partial charge in [0.25, 0.3) is 5.56 Å². The van der Waals surface area contributed by atoms with E-state index in [9.17, 15) is 13.2 Å². The van der Waals surface area contributed by atoms with Crippen molar-refractivity contribution in [3.05, 3.63) is 70.6 Å². The third-order valence-electron chi connectivity index (χ3n) is 5.94. The number of H-pyrrole nitrogens is 1. The number of aromatic nitrogens is 3. The van der Waals surface area contributed by atoms with Crippen LogP contribution in [-0.4, -0.2) is 67.0 Å². The fourth-order valence-electron chi connectivity index (χ4n) is 4.15. The SMILES string of the molecule is CN(C[C@H]1COCCO1)S(=O)(=O)N=c1ccccc2c1[nH]c(=O)c1cc(-c3cnn(C)c3)ccc12. The quantitative estimate of drug-likeness (QED) is 0.449. The number of pyridine rings is 1. The van der Waals surface area contributed by atoms with Crippen LogP contribution in [0.3, 0.4) is 0 Å². The predicted molar refractivity (Wildman–Crippen MR) is 132 cm³/mol. The van der Waals surface area contributed by atoms with E-state index in [4.69, 9.17) is 9.47 Å². The molecule has 1 atom stereocenters. The summed E-state index contributed by atoms with van der Waals surface area (Å²) in [5.41, 5.74) is 1.76. The Kier molecular flexibility index (Phi) is 6.24. The molecule has 0 bridgehead atoms. The van der Waals surface area contributed by atoms with Gasteiger partial charge in [-0.1, -0.05) is 30.3 Å². The zero-order valence-electron chi connectivity index (χ0n) is 19.3. The van der Waals surface area contributed by atoms with E-state index in [2.05, 4.69) is 14.5 Å². The van der Waals surface area contributed by atoms with Crippen LogP contribution in [-0.2, 0) is 26.7 Å². The number of hydrogen-bond donors (Lipinski definition) is 1. The second-order valence-corrected chi connectivity index (χ2v) is 10.1. The van der Waals surface area contributed by atoms with E-state index in [1.807, 2.05) is 37.5 Å². The van der Waals surface area contributed by atoms with Crippen LogP contribution in [0.1, 0.15) is 0 Å². The number of nitrogens with one attached hydrogen (secondary N) is 1. The normalized spacial score (nSPS) is 17.5. The van der Waals surface area contributed by atoms with E-state index in [1.165, 1.54) is 7.05 Å². The van der Waals surface area contributed by atoms with E-state index in [1.54, 1.807) is 29.1 Å². The maximum absolute atomic E-state index is 13.1. The summed E-state index contributed by atoms with van der Waals surface area (Å²) in [6, 6.07) is 12.5. The minimum atomic E-state index is -4.05. The lowest BCUT2D eigenvalue weighted by Gasteiger charge is -2.25. The van der Waals surface area contributed by atoms with Crippen LogP contribution < -0.4 is 10.9 Å². The number of rotatable bonds is 5. The van der Waals surface area contributed by atoms with Gasteiger partial charge in [0.1, 0.15) is 5.36 Å². The van der Waals surface area contributed by atoms with Gasteiger partial charge in [0.2, 0.25) is 0 Å². The Morgan fingerprint density at radius 3 is 2.71 bits per heavy atom. The summed E-state index contributed by atoms with van der Waals surface area (Å²) in [6.45, 7) is 1.35. The number of benzene rings is 1. The highest BCUT2D eigenvalue weighted by atomic mass is 32.2. The highest BCUT2D eigenvalue weighted by Crippen LogP contribution is 2.25. The first kappa shape index (κ1) is 23.4. The number of fused-ring (bicyclic) bond motifs is 3. The number of hydrogen-bond acceptors (Lipinski definition) is 6. The zero-order valence-corrected chi connectivity index (χ0v) is 20.2. The molecular formula is C24H25N5O5S. The van der Waals surface area contributed by atoms with Gasteiger partial charge in [-0.05, 0) is 23.1 Å². The first-order chi connectivity index (χ1) is 16.8. The monoisotopic (exact) mass is 495 g/mol. The summed E-state index contributed by atoms with van der Waals surface area (Å²) < 4.78 is 43.9. The molecule has 5 rings (SSSR count). The van der Waals surface area contributed by atoms with Crippen molar-refractivity contribution in [2.75, 3.05) is 33.4 Å². The predicted octanol–water partition coefficient (Wildman–Crippen LogP) is 1.57. The van der Waals surface area contributed by atoms with E-state index < -0.39 is 10.2 Å². The Balaban J connectivity index is 1.62. The van der Waals surface area contributed by atoms with Crippen LogP contribution in [0, 0.1) is 0 Å². The van der Waals surface area contributed by atoms with Crippen LogP contribution in [0.2, 0.25) is 0 Å². The van der Waals surface area contributed by atoms with E-state index in [0.717, 1.165) is 15.4 Å². The zero-order chi connectivity index (χ0) is 24.6. The Morgan fingerprint density at radius 1 is 1.14 bits per heavy atom. The van der Waals surface area contributed by atoms with Gasteiger partial charge >= 0.3 is 10.2 Å². The van der Waals surface area contributed by atoms with Crippen LogP contribution in [0.4, 0.5) is 0 Å². The van der Waals surface area contributed by atoms with Gasteiger partial charge in [-0.25, -0.2) is 0 Å². The standard InChI is InChI=1S/C24H25N5O5S/c1-28-13-17(12-25-28)16-7-8-19-20-5-3-4-6-22(23(20)26-24(30)21(19)11-16)27-35(31,32)29(2)14-18-15-33-9-10-34-18/h3-8,11-13,18H,9-10,14-15H2,1-2H3,(H,26,30)/t18-/m0/s1. The lowest BCUT2D eigenvalue weighted by Crippen LogP contribution is -2.40. The first-order valence-electron chi connectivity index (χ1n) is 11.1. The highest BCUT2D eigenvalue weighted by Gasteiger charge is 2.23. The maximum Gasteiger partial charge on any atom is 0.322 e. The molecule has 3 heterocycles. The topological polar surface area (TPSA) is 119 Å². The van der Waals surface area contributed by atoms with Crippen LogP contribution in [0.15, 0.2) is 64.1 Å². The molecule has 1 N–H and O–H groups in total. The molecule has 11 heteroatoms. The van der Waals surface area contributed by atoms with Gasteiger partial charge in [-0.3, -0.25) is 9.48 Å². The maximum atomic E-state index is 13.1. The first-order valence-corrected chi connectivity index (χ1v) is 12.5. The molecule has 1 aliphatic rings. The van der Waals surface area contributed by atoms with Crippen molar-refractivity contribution < 1.29 is 17.9 Å². The molecule has 2 aromatic heterocycles. The molecule has 1 saturated heterocycles. The van der Waals surface area contributed by atoms with Crippen LogP contribution in [0.25, 0.3) is 32.8 Å². The molecule has 0 amide bonds. The largest absolute Gasteiger partial charge is 0.376 e. The average Bonchev–Trinajstić information content (AvgIpc) is 3.19. The van der Waals surface area contributed by atoms with E-state index >= 15 is 0 Å². The Morgan fingerprint density at radius 2 is 1.97 bits per heavy atom. The summed E-state index contributed by atoms with van der Waals surface area (Å²) >= 11 is 0. The van der Waals surface area contributed by atoms with Gasteiger partial charge in [-0.15, -0.1) is 4.40 Å². The Bertz CT molecular complexity index is 1640. The minimum Gasteiger partial charge on any atom is -0.376 e. The lowest BCUT2D eigenvalue weighted by atomic mass is 10.0. The molecule has 4 aromatic rings. The molecule has 182 valence electrons. The second-order valence-electron chi connectivity index (χ2n) is 8.43. The summed E-state index contributed by atoms with van der Waals surface area (Å²) in [4.78, 5) is 15.9. The number of aryl methyl sites for hydroxylation is 1. The van der Waals surface area contributed by atoms with E-state index in [-0.39, 0.29) is 23.6 Å². The Hall–Kier alpha value is -3.38. The fourth-order valence-corrected chi connectivity index (χ4v) is 5.04. The van der Waals surface area contributed by atoms with Gasteiger partial charge in [0.15, 0.2) is 0 Å². The van der Waals surface area contributed by atoms with Crippen molar-refractivity contribution in [1.82, 2.24) is 19.1 Å². The number of nitrogens with zero attached hydrogens (tertiary/aromatic N) is 4. The molecule has 0 aliphatic carbocycles. The smallest absolute Gasteiger partial charge is 0.322 e. The highest BCUT2D eigenvalue weighted by molar-refractivity contribution is 7.87. The lowest BCUT2D eigenvalue weighted by molar-refractivity contribution is -0.0909. The number of aromatic amines is 1. The third kappa shape index (κ3) is 4.76. The molecule has 1 aliphatic heterocycles. The molecule has 0 spiro atoms. The molecular weight excluding hydrogens is 470 g/mol. The summed E-state index contributed by atoms with van der Waals surface area (Å²) in [5, 5.41) is 6.21. The van der Waals surface area contributed by atoms with Gasteiger partial charge < -0.3 is 14.5 Å².